The first kappa shape index (κ1) is 17.9. The summed E-state index contributed by atoms with van der Waals surface area (Å²) in [6.07, 6.45) is 6.49. The molecule has 1 amide bonds. The van der Waals surface area contributed by atoms with E-state index in [9.17, 15) is 9.90 Å². The molecular formula is C19H29N3O4. The summed E-state index contributed by atoms with van der Waals surface area (Å²) in [5.41, 5.74) is -0.764. The summed E-state index contributed by atoms with van der Waals surface area (Å²) in [5.74, 6) is 1.13. The van der Waals surface area contributed by atoms with Crippen LogP contribution < -0.4 is 0 Å². The summed E-state index contributed by atoms with van der Waals surface area (Å²) in [6, 6.07) is 0.0732. The van der Waals surface area contributed by atoms with E-state index in [2.05, 4.69) is 16.5 Å². The lowest BCUT2D eigenvalue weighted by molar-refractivity contribution is -0.219. The number of aliphatic hydroxyl groups is 1. The molecule has 3 fully saturated rings. The third-order valence-electron chi connectivity index (χ3n) is 6.46. The molecule has 3 saturated heterocycles. The Kier molecular flexibility index (Phi) is 5.03. The zero-order valence-corrected chi connectivity index (χ0v) is 15.5. The van der Waals surface area contributed by atoms with Gasteiger partial charge >= 0.3 is 0 Å². The third kappa shape index (κ3) is 3.06. The number of aromatic nitrogens is 2. The number of piperidine rings is 1. The summed E-state index contributed by atoms with van der Waals surface area (Å²) in [7, 11) is 0. The fourth-order valence-electron chi connectivity index (χ4n) is 4.96. The molecule has 0 aliphatic carbocycles. The van der Waals surface area contributed by atoms with Crippen LogP contribution in [-0.4, -0.2) is 70.1 Å². The van der Waals surface area contributed by atoms with Gasteiger partial charge in [-0.05, 0) is 6.42 Å². The molecule has 0 spiro atoms. The van der Waals surface area contributed by atoms with E-state index in [1.165, 1.54) is 0 Å². The number of rotatable bonds is 4. The lowest BCUT2D eigenvalue weighted by Gasteiger charge is -2.57. The van der Waals surface area contributed by atoms with Crippen molar-refractivity contribution in [1.29, 1.82) is 0 Å². The third-order valence-corrected chi connectivity index (χ3v) is 6.46. The van der Waals surface area contributed by atoms with Crippen LogP contribution in [0.5, 0.6) is 0 Å². The maximum atomic E-state index is 13.1. The van der Waals surface area contributed by atoms with Crippen molar-refractivity contribution >= 4 is 5.91 Å². The van der Waals surface area contributed by atoms with Crippen LogP contribution in [0.1, 0.15) is 32.0 Å². The lowest BCUT2D eigenvalue weighted by Crippen LogP contribution is -2.68. The second kappa shape index (κ2) is 7.29. The molecule has 0 radical (unpaired) electrons. The van der Waals surface area contributed by atoms with Gasteiger partial charge in [-0.25, -0.2) is 4.98 Å². The number of hydrogen-bond donors (Lipinski definition) is 1. The molecule has 4 rings (SSSR count). The van der Waals surface area contributed by atoms with E-state index in [1.807, 2.05) is 11.1 Å². The lowest BCUT2D eigenvalue weighted by atomic mass is 9.66. The molecule has 7 heteroatoms. The van der Waals surface area contributed by atoms with Crippen molar-refractivity contribution < 1.29 is 19.4 Å². The first-order chi connectivity index (χ1) is 12.6. The first-order valence-corrected chi connectivity index (χ1v) is 9.81. The minimum Gasteiger partial charge on any atom is -0.389 e. The van der Waals surface area contributed by atoms with Crippen molar-refractivity contribution in [2.75, 3.05) is 33.0 Å². The zero-order valence-electron chi connectivity index (χ0n) is 15.5. The topological polar surface area (TPSA) is 76.8 Å². The van der Waals surface area contributed by atoms with Gasteiger partial charge in [-0.15, -0.1) is 0 Å². The smallest absolute Gasteiger partial charge is 0.224 e. The minimum atomic E-state index is -0.764. The van der Waals surface area contributed by atoms with E-state index in [0.29, 0.717) is 52.4 Å². The first-order valence-electron chi connectivity index (χ1n) is 9.81. The quantitative estimate of drug-likeness (QED) is 0.858. The molecule has 3 aliphatic heterocycles. The molecule has 1 aromatic heterocycles. The number of aryl methyl sites for hydroxylation is 2. The maximum absolute atomic E-state index is 13.1. The van der Waals surface area contributed by atoms with Gasteiger partial charge in [0.05, 0.1) is 18.8 Å². The molecule has 0 saturated carbocycles. The number of hydrogen-bond acceptors (Lipinski definition) is 5. The molecule has 4 atom stereocenters. The van der Waals surface area contributed by atoms with Gasteiger partial charge in [-0.3, -0.25) is 4.79 Å². The summed E-state index contributed by atoms with van der Waals surface area (Å²) in [5, 5.41) is 11.3. The molecule has 1 N–H and O–H groups in total. The van der Waals surface area contributed by atoms with Crippen LogP contribution in [0.15, 0.2) is 12.4 Å². The Hall–Kier alpha value is -1.44. The SMILES string of the molecule is CCc1nccn1CCC(=O)N1C[C@@H]2COCC[C@]2(O)[C@H]2COCC[C@H]21. The highest BCUT2D eigenvalue weighted by Gasteiger charge is 2.56. The summed E-state index contributed by atoms with van der Waals surface area (Å²) in [6.45, 7) is 5.60. The van der Waals surface area contributed by atoms with Gasteiger partial charge in [-0.2, -0.15) is 0 Å². The van der Waals surface area contributed by atoms with Crippen LogP contribution >= 0.6 is 0 Å². The summed E-state index contributed by atoms with van der Waals surface area (Å²) >= 11 is 0. The summed E-state index contributed by atoms with van der Waals surface area (Å²) < 4.78 is 13.3. The largest absolute Gasteiger partial charge is 0.389 e. The predicted molar refractivity (Wildman–Crippen MR) is 94.5 cm³/mol. The molecule has 1 aromatic rings. The van der Waals surface area contributed by atoms with Gasteiger partial charge in [0.2, 0.25) is 5.91 Å². The standard InChI is InChI=1S/C19H29N3O4/c1-2-17-20-6-8-21(17)7-3-18(23)22-11-14-12-26-10-5-19(14,24)15-13-25-9-4-16(15)22/h6,8,14-16,24H,2-5,7,9-13H2,1H3/t14-,15+,16-,19-/m1/s1. The number of fused-ring (bicyclic) bond motifs is 3. The van der Waals surface area contributed by atoms with Crippen LogP contribution in [0, 0.1) is 11.8 Å². The van der Waals surface area contributed by atoms with Gasteiger partial charge in [-0.1, -0.05) is 6.92 Å². The van der Waals surface area contributed by atoms with Gasteiger partial charge in [0.1, 0.15) is 5.82 Å². The van der Waals surface area contributed by atoms with E-state index in [4.69, 9.17) is 9.47 Å². The Balaban J connectivity index is 1.49. The molecule has 26 heavy (non-hydrogen) atoms. The number of imidazole rings is 1. The van der Waals surface area contributed by atoms with Crippen LogP contribution in [0.2, 0.25) is 0 Å². The van der Waals surface area contributed by atoms with E-state index in [1.54, 1.807) is 6.20 Å². The second-order valence-corrected chi connectivity index (χ2v) is 7.74. The fourth-order valence-corrected chi connectivity index (χ4v) is 4.96. The van der Waals surface area contributed by atoms with Crippen LogP contribution in [0.4, 0.5) is 0 Å². The predicted octanol–water partition coefficient (Wildman–Crippen LogP) is 0.851. The van der Waals surface area contributed by atoms with Crippen molar-refractivity contribution in [2.24, 2.45) is 11.8 Å². The Morgan fingerprint density at radius 3 is 3.08 bits per heavy atom. The normalized spacial score (nSPS) is 34.2. The molecule has 0 unspecified atom stereocenters. The van der Waals surface area contributed by atoms with Crippen molar-refractivity contribution in [3.05, 3.63) is 18.2 Å². The molecule has 4 heterocycles. The van der Waals surface area contributed by atoms with Crippen LogP contribution in [0.3, 0.4) is 0 Å². The molecular weight excluding hydrogens is 334 g/mol. The van der Waals surface area contributed by atoms with E-state index in [0.717, 1.165) is 18.7 Å². The number of nitrogens with zero attached hydrogens (tertiary/aromatic N) is 3. The second-order valence-electron chi connectivity index (χ2n) is 7.74. The van der Waals surface area contributed by atoms with E-state index in [-0.39, 0.29) is 23.8 Å². The zero-order chi connectivity index (χ0) is 18.1. The summed E-state index contributed by atoms with van der Waals surface area (Å²) in [4.78, 5) is 19.4. The average Bonchev–Trinajstić information content (AvgIpc) is 3.13. The van der Waals surface area contributed by atoms with Crippen molar-refractivity contribution in [1.82, 2.24) is 14.5 Å². The Morgan fingerprint density at radius 2 is 2.23 bits per heavy atom. The van der Waals surface area contributed by atoms with Crippen LogP contribution in [-0.2, 0) is 27.2 Å². The highest BCUT2D eigenvalue weighted by Crippen LogP contribution is 2.44. The van der Waals surface area contributed by atoms with Crippen molar-refractivity contribution in [3.63, 3.8) is 0 Å². The molecule has 7 nitrogen and oxygen atoms in total. The Bertz CT molecular complexity index is 648. The molecule has 0 aromatic carbocycles. The highest BCUT2D eigenvalue weighted by molar-refractivity contribution is 5.76. The van der Waals surface area contributed by atoms with Gasteiger partial charge in [0.25, 0.3) is 0 Å². The number of likely N-dealkylation sites (tertiary alicyclic amines) is 1. The van der Waals surface area contributed by atoms with Gasteiger partial charge in [0.15, 0.2) is 0 Å². The van der Waals surface area contributed by atoms with E-state index >= 15 is 0 Å². The van der Waals surface area contributed by atoms with Gasteiger partial charge in [0, 0.05) is 75.8 Å². The van der Waals surface area contributed by atoms with Crippen LogP contribution in [0.25, 0.3) is 0 Å². The average molecular weight is 363 g/mol. The number of carbonyl (C=O) groups excluding carboxylic acids is 1. The fraction of sp³-hybridized carbons (Fsp3) is 0.789. The van der Waals surface area contributed by atoms with E-state index < -0.39 is 5.60 Å². The minimum absolute atomic E-state index is 0.0118. The van der Waals surface area contributed by atoms with Crippen molar-refractivity contribution in [2.45, 2.75) is 50.8 Å². The van der Waals surface area contributed by atoms with Gasteiger partial charge < -0.3 is 24.0 Å². The van der Waals surface area contributed by atoms with Crippen molar-refractivity contribution in [3.8, 4) is 0 Å². The molecule has 3 aliphatic rings. The number of carbonyl (C=O) groups is 1. The Morgan fingerprint density at radius 1 is 1.38 bits per heavy atom. The maximum Gasteiger partial charge on any atom is 0.224 e. The number of amides is 1. The highest BCUT2D eigenvalue weighted by atomic mass is 16.5. The monoisotopic (exact) mass is 363 g/mol. The molecule has 144 valence electrons. The molecule has 0 bridgehead atoms. The number of ether oxygens (including phenoxy) is 2. The Labute approximate surface area is 154 Å².